The minimum atomic E-state index is -3.54. The predicted molar refractivity (Wildman–Crippen MR) is 148 cm³/mol. The van der Waals surface area contributed by atoms with Crippen LogP contribution >= 0.6 is 0 Å². The fourth-order valence-corrected chi connectivity index (χ4v) is 4.96. The molecule has 2 rings (SSSR count). The first-order chi connectivity index (χ1) is 17.4. The second-order valence-electron chi connectivity index (χ2n) is 9.59. The smallest absolute Gasteiger partial charge is 0.242 e. The molecule has 0 saturated carbocycles. The van der Waals surface area contributed by atoms with E-state index in [1.807, 2.05) is 70.2 Å². The highest BCUT2D eigenvalue weighted by Gasteiger charge is 2.27. The zero-order valence-electron chi connectivity index (χ0n) is 23.1. The molecule has 2 aromatic carbocycles. The number of nitrogens with zero attached hydrogens (tertiary/aromatic N) is 2. The lowest BCUT2D eigenvalue weighted by molar-refractivity contribution is -0.140. The highest BCUT2D eigenvalue weighted by molar-refractivity contribution is 7.92. The van der Waals surface area contributed by atoms with E-state index in [0.717, 1.165) is 23.1 Å². The Kier molecular flexibility index (Phi) is 11.0. The summed E-state index contributed by atoms with van der Waals surface area (Å²) in [7, 11) is -1.96. The highest BCUT2D eigenvalue weighted by atomic mass is 32.2. The molecule has 0 heterocycles. The van der Waals surface area contributed by atoms with E-state index >= 15 is 0 Å². The number of benzene rings is 2. The van der Waals surface area contributed by atoms with Crippen LogP contribution in [0.15, 0.2) is 42.5 Å². The lowest BCUT2D eigenvalue weighted by Crippen LogP contribution is -2.49. The number of sulfonamides is 1. The van der Waals surface area contributed by atoms with Gasteiger partial charge in [0.1, 0.15) is 11.8 Å². The van der Waals surface area contributed by atoms with Gasteiger partial charge in [0.15, 0.2) is 0 Å². The van der Waals surface area contributed by atoms with Crippen LogP contribution in [-0.4, -0.2) is 57.1 Å². The summed E-state index contributed by atoms with van der Waals surface area (Å²) in [5.41, 5.74) is 3.28. The van der Waals surface area contributed by atoms with E-state index in [2.05, 4.69) is 5.32 Å². The van der Waals surface area contributed by atoms with Crippen molar-refractivity contribution in [1.29, 1.82) is 0 Å². The molecule has 0 aliphatic heterocycles. The van der Waals surface area contributed by atoms with Crippen molar-refractivity contribution in [2.75, 3.05) is 24.2 Å². The molecular weight excluding hydrogens is 490 g/mol. The molecule has 0 radical (unpaired) electrons. The zero-order valence-corrected chi connectivity index (χ0v) is 23.9. The Hall–Kier alpha value is -3.07. The number of rotatable bonds is 13. The van der Waals surface area contributed by atoms with Crippen molar-refractivity contribution in [3.63, 3.8) is 0 Å². The lowest BCUT2D eigenvalue weighted by atomic mass is 10.1. The molecule has 2 atom stereocenters. The van der Waals surface area contributed by atoms with Crippen LogP contribution in [0.5, 0.6) is 5.75 Å². The summed E-state index contributed by atoms with van der Waals surface area (Å²) >= 11 is 0. The number of aryl methyl sites for hydroxylation is 2. The van der Waals surface area contributed by atoms with E-state index in [1.165, 1.54) is 10.6 Å². The third-order valence-corrected chi connectivity index (χ3v) is 7.65. The summed E-state index contributed by atoms with van der Waals surface area (Å²) in [6.07, 6.45) is 2.38. The Labute approximate surface area is 222 Å². The summed E-state index contributed by atoms with van der Waals surface area (Å²) in [6.45, 7) is 9.83. The molecule has 8 nitrogen and oxygen atoms in total. The molecule has 0 unspecified atom stereocenters. The summed E-state index contributed by atoms with van der Waals surface area (Å²) in [6, 6.07) is 12.3. The maximum Gasteiger partial charge on any atom is 0.242 e. The maximum atomic E-state index is 13.4. The number of nitrogens with one attached hydrogen (secondary N) is 1. The van der Waals surface area contributed by atoms with Crippen LogP contribution in [0, 0.1) is 13.8 Å². The predicted octanol–water partition coefficient (Wildman–Crippen LogP) is 4.19. The van der Waals surface area contributed by atoms with Gasteiger partial charge in [-0.1, -0.05) is 31.2 Å². The van der Waals surface area contributed by atoms with Crippen LogP contribution in [0.2, 0.25) is 0 Å². The van der Waals surface area contributed by atoms with Gasteiger partial charge >= 0.3 is 0 Å². The monoisotopic (exact) mass is 531 g/mol. The third kappa shape index (κ3) is 8.77. The van der Waals surface area contributed by atoms with E-state index in [4.69, 9.17) is 4.74 Å². The Morgan fingerprint density at radius 2 is 1.70 bits per heavy atom. The van der Waals surface area contributed by atoms with E-state index in [-0.39, 0.29) is 37.4 Å². The van der Waals surface area contributed by atoms with Crippen LogP contribution in [0.25, 0.3) is 0 Å². The van der Waals surface area contributed by atoms with Gasteiger partial charge in [-0.05, 0) is 75.4 Å². The van der Waals surface area contributed by atoms with Gasteiger partial charge in [0.05, 0.1) is 19.1 Å². The number of amides is 2. The van der Waals surface area contributed by atoms with Crippen molar-refractivity contribution in [3.05, 3.63) is 59.2 Å². The molecule has 0 aliphatic carbocycles. The molecule has 0 bridgehead atoms. The molecule has 0 fully saturated rings. The summed E-state index contributed by atoms with van der Waals surface area (Å²) in [4.78, 5) is 27.9. The minimum Gasteiger partial charge on any atom is -0.497 e. The van der Waals surface area contributed by atoms with Crippen molar-refractivity contribution in [2.24, 2.45) is 0 Å². The van der Waals surface area contributed by atoms with E-state index in [0.29, 0.717) is 17.9 Å². The minimum absolute atomic E-state index is 0.00576. The van der Waals surface area contributed by atoms with Gasteiger partial charge in [-0.2, -0.15) is 0 Å². The molecule has 0 spiro atoms. The van der Waals surface area contributed by atoms with Gasteiger partial charge in [-0.25, -0.2) is 8.42 Å². The molecular formula is C28H41N3O5S. The van der Waals surface area contributed by atoms with Gasteiger partial charge in [-0.3, -0.25) is 13.9 Å². The lowest BCUT2D eigenvalue weighted by Gasteiger charge is -2.30. The first-order valence-electron chi connectivity index (χ1n) is 12.6. The Bertz CT molecular complexity index is 1160. The van der Waals surface area contributed by atoms with Crippen molar-refractivity contribution in [2.45, 2.75) is 72.5 Å². The average molecular weight is 532 g/mol. The molecule has 0 aromatic heterocycles. The normalized spacial score (nSPS) is 12.9. The third-order valence-electron chi connectivity index (χ3n) is 6.47. The van der Waals surface area contributed by atoms with Crippen LogP contribution in [0.1, 0.15) is 56.7 Å². The van der Waals surface area contributed by atoms with Gasteiger partial charge in [-0.15, -0.1) is 0 Å². The van der Waals surface area contributed by atoms with Gasteiger partial charge in [0.2, 0.25) is 21.8 Å². The van der Waals surface area contributed by atoms with E-state index in [9.17, 15) is 18.0 Å². The zero-order chi connectivity index (χ0) is 27.8. The summed E-state index contributed by atoms with van der Waals surface area (Å²) < 4.78 is 31.8. The standard InChI is InChI=1S/C28H41N3O5S/c1-8-22(4)29-28(33)23(5)30(19-24-13-15-25(36-6)16-14-24)27(32)10-9-17-31(37(7,34)35)26-18-20(2)11-12-21(26)3/h11-16,18,22-23H,8-10,17,19H2,1-7H3,(H,29,33)/t22-,23+/m0/s1. The molecule has 0 saturated heterocycles. The first kappa shape index (κ1) is 30.2. The highest BCUT2D eigenvalue weighted by Crippen LogP contribution is 2.25. The number of anilines is 1. The number of carbonyl (C=O) groups is 2. The topological polar surface area (TPSA) is 96.0 Å². The summed E-state index contributed by atoms with van der Waals surface area (Å²) in [5, 5.41) is 2.96. The van der Waals surface area contributed by atoms with Crippen LogP contribution in [0.3, 0.4) is 0 Å². The van der Waals surface area contributed by atoms with Crippen molar-refractivity contribution in [3.8, 4) is 5.75 Å². The number of hydrogen-bond donors (Lipinski definition) is 1. The van der Waals surface area contributed by atoms with Crippen LogP contribution < -0.4 is 14.4 Å². The van der Waals surface area contributed by atoms with Crippen molar-refractivity contribution in [1.82, 2.24) is 10.2 Å². The fourth-order valence-electron chi connectivity index (χ4n) is 3.95. The second kappa shape index (κ2) is 13.5. The van der Waals surface area contributed by atoms with E-state index < -0.39 is 16.1 Å². The number of ether oxygens (including phenoxy) is 1. The molecule has 2 amide bonds. The summed E-state index contributed by atoms with van der Waals surface area (Å²) in [5.74, 6) is 0.276. The Morgan fingerprint density at radius 3 is 2.27 bits per heavy atom. The largest absolute Gasteiger partial charge is 0.497 e. The van der Waals surface area contributed by atoms with Crippen molar-refractivity contribution < 1.29 is 22.7 Å². The van der Waals surface area contributed by atoms with Crippen LogP contribution in [0.4, 0.5) is 5.69 Å². The number of methoxy groups -OCH3 is 1. The fraction of sp³-hybridized carbons (Fsp3) is 0.500. The molecule has 37 heavy (non-hydrogen) atoms. The van der Waals surface area contributed by atoms with Gasteiger partial charge in [0.25, 0.3) is 0 Å². The SMILES string of the molecule is CC[C@H](C)NC(=O)[C@@H](C)N(Cc1ccc(OC)cc1)C(=O)CCCN(c1cc(C)ccc1C)S(C)(=O)=O. The Morgan fingerprint density at radius 1 is 1.05 bits per heavy atom. The first-order valence-corrected chi connectivity index (χ1v) is 14.5. The molecule has 204 valence electrons. The van der Waals surface area contributed by atoms with Gasteiger partial charge in [0, 0.05) is 25.6 Å². The average Bonchev–Trinajstić information content (AvgIpc) is 2.85. The van der Waals surface area contributed by atoms with Crippen LogP contribution in [-0.2, 0) is 26.2 Å². The quantitative estimate of drug-likeness (QED) is 0.418. The van der Waals surface area contributed by atoms with Crippen molar-refractivity contribution >= 4 is 27.5 Å². The molecule has 2 aromatic rings. The Balaban J connectivity index is 2.21. The number of hydrogen-bond acceptors (Lipinski definition) is 5. The maximum absolute atomic E-state index is 13.4. The molecule has 1 N–H and O–H groups in total. The second-order valence-corrected chi connectivity index (χ2v) is 11.5. The molecule has 0 aliphatic rings. The van der Waals surface area contributed by atoms with E-state index in [1.54, 1.807) is 18.9 Å². The van der Waals surface area contributed by atoms with Gasteiger partial charge < -0.3 is 15.0 Å². The number of carbonyl (C=O) groups excluding carboxylic acids is 2. The molecule has 9 heteroatoms.